The van der Waals surface area contributed by atoms with Crippen molar-refractivity contribution < 1.29 is 9.47 Å². The Morgan fingerprint density at radius 3 is 2.79 bits per heavy atom. The summed E-state index contributed by atoms with van der Waals surface area (Å²) < 4.78 is 11.9. The second kappa shape index (κ2) is 6.14. The molecule has 0 bridgehead atoms. The molecule has 4 rings (SSSR count). The summed E-state index contributed by atoms with van der Waals surface area (Å²) in [6, 6.07) is 13.1. The van der Waals surface area contributed by atoms with E-state index in [1.807, 2.05) is 12.1 Å². The van der Waals surface area contributed by atoms with Gasteiger partial charge in [-0.1, -0.05) is 35.9 Å². The quantitative estimate of drug-likeness (QED) is 0.848. The molecule has 3 nitrogen and oxygen atoms in total. The van der Waals surface area contributed by atoms with Gasteiger partial charge in [-0.25, -0.2) is 0 Å². The smallest absolute Gasteiger partial charge is 0.124 e. The van der Waals surface area contributed by atoms with E-state index in [0.29, 0.717) is 5.92 Å². The molecule has 0 saturated carbocycles. The molecule has 0 radical (unpaired) electrons. The fourth-order valence-corrected chi connectivity index (χ4v) is 4.38. The average Bonchev–Trinajstić information content (AvgIpc) is 2.61. The van der Waals surface area contributed by atoms with E-state index >= 15 is 0 Å². The third kappa shape index (κ3) is 2.48. The number of benzene rings is 2. The first-order chi connectivity index (χ1) is 11.7. The van der Waals surface area contributed by atoms with E-state index in [1.165, 1.54) is 34.4 Å². The molecule has 0 unspecified atom stereocenters. The molecule has 0 aromatic heterocycles. The molecular weight excluding hydrogens is 298 g/mol. The Bertz CT molecular complexity index is 755. The number of rotatable bonds is 2. The van der Waals surface area contributed by atoms with Gasteiger partial charge in [0.15, 0.2) is 0 Å². The van der Waals surface area contributed by atoms with E-state index in [4.69, 9.17) is 9.47 Å². The van der Waals surface area contributed by atoms with Crippen molar-refractivity contribution in [3.63, 3.8) is 0 Å². The Kier molecular flexibility index (Phi) is 3.97. The van der Waals surface area contributed by atoms with E-state index in [9.17, 15) is 0 Å². The molecule has 2 aromatic carbocycles. The zero-order valence-electron chi connectivity index (χ0n) is 14.6. The minimum absolute atomic E-state index is 0.170. The van der Waals surface area contributed by atoms with E-state index in [-0.39, 0.29) is 12.1 Å². The van der Waals surface area contributed by atoms with Crippen molar-refractivity contribution in [3.05, 3.63) is 58.7 Å². The lowest BCUT2D eigenvalue weighted by atomic mass is 9.76. The maximum atomic E-state index is 6.26. The summed E-state index contributed by atoms with van der Waals surface area (Å²) in [5.41, 5.74) is 6.38. The molecule has 0 spiro atoms. The SMILES string of the molecule is COc1ccccc1[C@@H]1Nc2c(C)cc(C)cc2[C@H]2OCCC[C@H]21. The van der Waals surface area contributed by atoms with Crippen molar-refractivity contribution in [1.82, 2.24) is 0 Å². The summed E-state index contributed by atoms with van der Waals surface area (Å²) in [4.78, 5) is 0. The molecule has 1 saturated heterocycles. The largest absolute Gasteiger partial charge is 0.496 e. The maximum Gasteiger partial charge on any atom is 0.124 e. The number of methoxy groups -OCH3 is 1. The fourth-order valence-electron chi connectivity index (χ4n) is 4.38. The van der Waals surface area contributed by atoms with E-state index < -0.39 is 0 Å². The van der Waals surface area contributed by atoms with Crippen LogP contribution in [0, 0.1) is 19.8 Å². The zero-order chi connectivity index (χ0) is 16.7. The van der Waals surface area contributed by atoms with Crippen LogP contribution in [0.15, 0.2) is 36.4 Å². The van der Waals surface area contributed by atoms with Gasteiger partial charge in [-0.05, 0) is 38.3 Å². The van der Waals surface area contributed by atoms with E-state index in [0.717, 1.165) is 18.8 Å². The molecule has 2 aliphatic heterocycles. The third-order valence-electron chi connectivity index (χ3n) is 5.39. The van der Waals surface area contributed by atoms with E-state index in [2.05, 4.69) is 43.4 Å². The molecule has 0 aliphatic carbocycles. The third-order valence-corrected chi connectivity index (χ3v) is 5.39. The van der Waals surface area contributed by atoms with Gasteiger partial charge in [0.2, 0.25) is 0 Å². The first kappa shape index (κ1) is 15.5. The lowest BCUT2D eigenvalue weighted by molar-refractivity contribution is -0.0383. The number of fused-ring (bicyclic) bond motifs is 3. The highest BCUT2D eigenvalue weighted by molar-refractivity contribution is 5.63. The number of para-hydroxylation sites is 1. The molecule has 1 N–H and O–H groups in total. The molecule has 3 atom stereocenters. The van der Waals surface area contributed by atoms with Crippen LogP contribution < -0.4 is 10.1 Å². The van der Waals surface area contributed by atoms with Crippen molar-refractivity contribution in [2.75, 3.05) is 19.0 Å². The van der Waals surface area contributed by atoms with Crippen LogP contribution in [0.5, 0.6) is 5.75 Å². The highest BCUT2D eigenvalue weighted by atomic mass is 16.5. The number of nitrogens with one attached hydrogen (secondary N) is 1. The summed E-state index contributed by atoms with van der Waals surface area (Å²) in [5, 5.41) is 3.82. The van der Waals surface area contributed by atoms with Gasteiger partial charge >= 0.3 is 0 Å². The van der Waals surface area contributed by atoms with Gasteiger partial charge in [-0.15, -0.1) is 0 Å². The molecule has 1 fully saturated rings. The van der Waals surface area contributed by atoms with Crippen LogP contribution >= 0.6 is 0 Å². The average molecular weight is 323 g/mol. The summed E-state index contributed by atoms with van der Waals surface area (Å²) in [5.74, 6) is 1.39. The van der Waals surface area contributed by atoms with Crippen LogP contribution in [-0.2, 0) is 4.74 Å². The van der Waals surface area contributed by atoms with Gasteiger partial charge in [0.25, 0.3) is 0 Å². The molecule has 3 heteroatoms. The molecule has 24 heavy (non-hydrogen) atoms. The molecule has 126 valence electrons. The van der Waals surface area contributed by atoms with Gasteiger partial charge in [-0.2, -0.15) is 0 Å². The van der Waals surface area contributed by atoms with Gasteiger partial charge in [-0.3, -0.25) is 0 Å². The number of ether oxygens (including phenoxy) is 2. The fraction of sp³-hybridized carbons (Fsp3) is 0.429. The minimum Gasteiger partial charge on any atom is -0.496 e. The zero-order valence-corrected chi connectivity index (χ0v) is 14.6. The van der Waals surface area contributed by atoms with E-state index in [1.54, 1.807) is 7.11 Å². The normalized spacial score (nSPS) is 25.4. The minimum atomic E-state index is 0.170. The lowest BCUT2D eigenvalue weighted by Crippen LogP contribution is -2.36. The van der Waals surface area contributed by atoms with Gasteiger partial charge in [0.05, 0.1) is 19.3 Å². The number of aryl methyl sites for hydroxylation is 2. The van der Waals surface area contributed by atoms with Crippen molar-refractivity contribution in [1.29, 1.82) is 0 Å². The first-order valence-corrected chi connectivity index (χ1v) is 8.81. The van der Waals surface area contributed by atoms with Gasteiger partial charge in [0.1, 0.15) is 5.75 Å². The lowest BCUT2D eigenvalue weighted by Gasteiger charge is -2.44. The van der Waals surface area contributed by atoms with Crippen molar-refractivity contribution >= 4 is 5.69 Å². The van der Waals surface area contributed by atoms with Crippen LogP contribution in [0.2, 0.25) is 0 Å². The Morgan fingerprint density at radius 2 is 1.96 bits per heavy atom. The monoisotopic (exact) mass is 323 g/mol. The number of hydrogen-bond donors (Lipinski definition) is 1. The number of hydrogen-bond acceptors (Lipinski definition) is 3. The summed E-state index contributed by atoms with van der Waals surface area (Å²) in [6.07, 6.45) is 2.46. The Labute approximate surface area is 144 Å². The topological polar surface area (TPSA) is 30.5 Å². The molecular formula is C21H25NO2. The Balaban J connectivity index is 1.84. The predicted octanol–water partition coefficient (Wildman–Crippen LogP) is 4.95. The van der Waals surface area contributed by atoms with Crippen molar-refractivity contribution in [2.24, 2.45) is 5.92 Å². The standard InChI is InChI=1S/C21H25NO2/c1-13-11-14(2)19-17(12-13)21-16(8-6-10-24-21)20(22-19)15-7-4-5-9-18(15)23-3/h4-5,7,9,11-12,16,20-22H,6,8,10H2,1-3H3/t16-,20-,21-/m0/s1. The second-order valence-corrected chi connectivity index (χ2v) is 7.01. The van der Waals surface area contributed by atoms with Crippen LogP contribution in [0.3, 0.4) is 0 Å². The van der Waals surface area contributed by atoms with Crippen molar-refractivity contribution in [2.45, 2.75) is 38.8 Å². The van der Waals surface area contributed by atoms with Gasteiger partial charge in [0, 0.05) is 29.3 Å². The van der Waals surface area contributed by atoms with Crippen molar-refractivity contribution in [3.8, 4) is 5.75 Å². The maximum absolute atomic E-state index is 6.26. The number of anilines is 1. The van der Waals surface area contributed by atoms with Crippen LogP contribution in [0.1, 0.15) is 47.2 Å². The molecule has 0 amide bonds. The van der Waals surface area contributed by atoms with Gasteiger partial charge < -0.3 is 14.8 Å². The van der Waals surface area contributed by atoms with Crippen LogP contribution in [-0.4, -0.2) is 13.7 Å². The summed E-state index contributed by atoms with van der Waals surface area (Å²) in [6.45, 7) is 5.20. The summed E-state index contributed by atoms with van der Waals surface area (Å²) in [7, 11) is 1.75. The highest BCUT2D eigenvalue weighted by Gasteiger charge is 2.41. The molecule has 2 aromatic rings. The second-order valence-electron chi connectivity index (χ2n) is 7.01. The first-order valence-electron chi connectivity index (χ1n) is 8.81. The molecule has 2 aliphatic rings. The highest BCUT2D eigenvalue weighted by Crippen LogP contribution is 2.51. The van der Waals surface area contributed by atoms with Crippen LogP contribution in [0.4, 0.5) is 5.69 Å². The Morgan fingerprint density at radius 1 is 1.12 bits per heavy atom. The predicted molar refractivity (Wildman–Crippen MR) is 96.7 cm³/mol. The van der Waals surface area contributed by atoms with Crippen LogP contribution in [0.25, 0.3) is 0 Å². The Hall–Kier alpha value is -2.00. The molecule has 2 heterocycles. The summed E-state index contributed by atoms with van der Waals surface area (Å²) >= 11 is 0.